The molecule has 0 saturated heterocycles. The van der Waals surface area contributed by atoms with Crippen molar-refractivity contribution < 1.29 is 14.6 Å². The zero-order chi connectivity index (χ0) is 24.1. The molecular formula is C29H42N2O3. The Morgan fingerprint density at radius 2 is 2.03 bits per heavy atom. The van der Waals surface area contributed by atoms with Gasteiger partial charge >= 0.3 is 0 Å². The van der Waals surface area contributed by atoms with Gasteiger partial charge in [0.2, 0.25) is 5.88 Å². The van der Waals surface area contributed by atoms with Crippen molar-refractivity contribution in [3.63, 3.8) is 0 Å². The monoisotopic (exact) mass is 466 g/mol. The number of hydrogen-bond acceptors (Lipinski definition) is 4. The summed E-state index contributed by atoms with van der Waals surface area (Å²) in [5.74, 6) is 3.81. The average Bonchev–Trinajstić information content (AvgIpc) is 3.20. The molecule has 0 bridgehead atoms. The van der Waals surface area contributed by atoms with Crippen LogP contribution in [0.25, 0.3) is 0 Å². The Kier molecular flexibility index (Phi) is 6.29. The van der Waals surface area contributed by atoms with E-state index in [1.54, 1.807) is 18.7 Å². The van der Waals surface area contributed by atoms with Gasteiger partial charge in [-0.25, -0.2) is 4.98 Å². The third-order valence-electron chi connectivity index (χ3n) is 10.5. The molecule has 0 spiro atoms. The number of carbonyl (C=O) groups excluding carboxylic acids is 1. The Hall–Kier alpha value is -1.88. The van der Waals surface area contributed by atoms with Crippen LogP contribution in [0.4, 0.5) is 0 Å². The molecule has 1 heterocycles. The number of amides is 1. The molecule has 4 aliphatic carbocycles. The molecule has 5 heteroatoms. The number of aliphatic hydroxyl groups excluding tert-OH is 1. The fourth-order valence-electron chi connectivity index (χ4n) is 8.70. The Morgan fingerprint density at radius 1 is 1.21 bits per heavy atom. The van der Waals surface area contributed by atoms with Crippen LogP contribution < -0.4 is 10.1 Å². The Bertz CT molecular complexity index is 960. The second-order valence-corrected chi connectivity index (χ2v) is 12.1. The number of aromatic nitrogens is 1. The summed E-state index contributed by atoms with van der Waals surface area (Å²) in [4.78, 5) is 16.3. The normalized spacial score (nSPS) is 39.8. The number of aliphatic hydroxyl groups is 1. The summed E-state index contributed by atoms with van der Waals surface area (Å²) in [5.41, 5.74) is 2.63. The van der Waals surface area contributed by atoms with Crippen molar-refractivity contribution in [2.24, 2.45) is 40.4 Å². The third kappa shape index (κ3) is 3.88. The third-order valence-corrected chi connectivity index (χ3v) is 10.5. The van der Waals surface area contributed by atoms with E-state index < -0.39 is 0 Å². The number of fused-ring (bicyclic) bond motifs is 5. The lowest BCUT2D eigenvalue weighted by atomic mass is 9.47. The number of hydrogen-bond donors (Lipinski definition) is 2. The van der Waals surface area contributed by atoms with Crippen molar-refractivity contribution in [1.29, 1.82) is 0 Å². The number of nitrogens with one attached hydrogen (secondary N) is 1. The molecule has 0 aliphatic heterocycles. The number of nitrogens with zero attached hydrogens (tertiary/aromatic N) is 1. The number of ether oxygens (including phenoxy) is 1. The molecule has 1 aromatic rings. The molecule has 2 N–H and O–H groups in total. The van der Waals surface area contributed by atoms with Gasteiger partial charge < -0.3 is 15.2 Å². The van der Waals surface area contributed by atoms with E-state index in [4.69, 9.17) is 4.74 Å². The van der Waals surface area contributed by atoms with Crippen LogP contribution in [0.1, 0.15) is 82.6 Å². The summed E-state index contributed by atoms with van der Waals surface area (Å²) < 4.78 is 6.12. The fourth-order valence-corrected chi connectivity index (χ4v) is 8.70. The predicted molar refractivity (Wildman–Crippen MR) is 133 cm³/mol. The van der Waals surface area contributed by atoms with Gasteiger partial charge in [0, 0.05) is 13.1 Å². The summed E-state index contributed by atoms with van der Waals surface area (Å²) in [6, 6.07) is 5.40. The zero-order valence-corrected chi connectivity index (χ0v) is 21.3. The first-order valence-electron chi connectivity index (χ1n) is 13.5. The van der Waals surface area contributed by atoms with E-state index in [2.05, 4.69) is 37.1 Å². The summed E-state index contributed by atoms with van der Waals surface area (Å²) in [7, 11) is 1.62. The van der Waals surface area contributed by atoms with Crippen LogP contribution in [0.5, 0.6) is 5.88 Å². The van der Waals surface area contributed by atoms with Crippen molar-refractivity contribution in [2.75, 3.05) is 13.7 Å². The number of pyridine rings is 1. The minimum atomic E-state index is -0.188. The van der Waals surface area contributed by atoms with Crippen molar-refractivity contribution in [3.05, 3.63) is 35.5 Å². The minimum Gasteiger partial charge on any atom is -0.477 e. The molecule has 5 rings (SSSR count). The molecule has 8 atom stereocenters. The summed E-state index contributed by atoms with van der Waals surface area (Å²) in [6.07, 6.45) is 11.9. The molecule has 0 radical (unpaired) electrons. The first-order chi connectivity index (χ1) is 16.3. The largest absolute Gasteiger partial charge is 0.477 e. The van der Waals surface area contributed by atoms with Crippen molar-refractivity contribution in [2.45, 2.75) is 78.2 Å². The van der Waals surface area contributed by atoms with E-state index in [-0.39, 0.29) is 12.0 Å². The summed E-state index contributed by atoms with van der Waals surface area (Å²) >= 11 is 0. The molecule has 1 amide bonds. The first-order valence-corrected chi connectivity index (χ1v) is 13.5. The standard InChI is InChI=1S/C29H42N2O3/c1-18(17-34-26-7-5-6-25(31-26)27(33)30-4)22-10-11-23-21-9-8-19-16-20(32)12-14-28(19,2)24(21)13-15-29(22,23)3/h5-8,18,20-24,32H,9-17H2,1-4H3,(H,30,33)/t18?,20-,21-,22+,23-,24-,28-,29+/m0/s1. The van der Waals surface area contributed by atoms with Gasteiger partial charge in [0.1, 0.15) is 5.69 Å². The SMILES string of the molecule is CNC(=O)c1cccc(OCC(C)[C@H]2CC[C@H]3[C@@H]4CC=C5C[C@@H](O)CC[C@]5(C)[C@H]4CC[C@]23C)n1. The van der Waals surface area contributed by atoms with Crippen LogP contribution in [0, 0.1) is 40.4 Å². The number of allylic oxidation sites excluding steroid dienone is 1. The van der Waals surface area contributed by atoms with Crippen LogP contribution in [-0.2, 0) is 0 Å². The topological polar surface area (TPSA) is 71.5 Å². The van der Waals surface area contributed by atoms with Gasteiger partial charge in [0.15, 0.2) is 0 Å². The molecule has 1 aromatic heterocycles. The van der Waals surface area contributed by atoms with Gasteiger partial charge in [-0.1, -0.05) is 38.5 Å². The van der Waals surface area contributed by atoms with Gasteiger partial charge in [-0.05, 0) is 97.9 Å². The molecule has 34 heavy (non-hydrogen) atoms. The van der Waals surface area contributed by atoms with Crippen LogP contribution in [0.3, 0.4) is 0 Å². The van der Waals surface area contributed by atoms with Crippen molar-refractivity contribution >= 4 is 5.91 Å². The van der Waals surface area contributed by atoms with E-state index in [1.165, 1.54) is 32.1 Å². The maximum atomic E-state index is 11.9. The van der Waals surface area contributed by atoms with Gasteiger partial charge in [-0.15, -0.1) is 0 Å². The minimum absolute atomic E-state index is 0.131. The average molecular weight is 467 g/mol. The Labute approximate surface area is 204 Å². The molecule has 1 unspecified atom stereocenters. The highest BCUT2D eigenvalue weighted by atomic mass is 16.5. The smallest absolute Gasteiger partial charge is 0.269 e. The maximum Gasteiger partial charge on any atom is 0.269 e. The predicted octanol–water partition coefficient (Wildman–Crippen LogP) is 5.40. The van der Waals surface area contributed by atoms with Gasteiger partial charge in [-0.2, -0.15) is 0 Å². The number of rotatable bonds is 5. The fraction of sp³-hybridized carbons (Fsp3) is 0.724. The molecule has 5 nitrogen and oxygen atoms in total. The van der Waals surface area contributed by atoms with Gasteiger partial charge in [0.25, 0.3) is 5.91 Å². The molecule has 0 aromatic carbocycles. The molecular weight excluding hydrogens is 424 g/mol. The number of carbonyl (C=O) groups is 1. The molecule has 186 valence electrons. The highest BCUT2D eigenvalue weighted by molar-refractivity contribution is 5.92. The van der Waals surface area contributed by atoms with Crippen LogP contribution in [0.2, 0.25) is 0 Å². The highest BCUT2D eigenvalue weighted by Crippen LogP contribution is 2.67. The van der Waals surface area contributed by atoms with Crippen LogP contribution >= 0.6 is 0 Å². The van der Waals surface area contributed by atoms with E-state index in [0.29, 0.717) is 40.8 Å². The maximum absolute atomic E-state index is 11.9. The second kappa shape index (κ2) is 8.96. The summed E-state index contributed by atoms with van der Waals surface area (Å²) in [6.45, 7) is 8.06. The zero-order valence-electron chi connectivity index (χ0n) is 21.3. The molecule has 3 fully saturated rings. The van der Waals surface area contributed by atoms with E-state index in [0.717, 1.165) is 37.0 Å². The first kappa shape index (κ1) is 23.8. The van der Waals surface area contributed by atoms with E-state index in [1.807, 2.05) is 12.1 Å². The summed E-state index contributed by atoms with van der Waals surface area (Å²) in [5, 5.41) is 12.9. The van der Waals surface area contributed by atoms with Crippen molar-refractivity contribution in [3.8, 4) is 5.88 Å². The lowest BCUT2D eigenvalue weighted by Crippen LogP contribution is -2.51. The van der Waals surface area contributed by atoms with Gasteiger partial charge in [-0.3, -0.25) is 4.79 Å². The quantitative estimate of drug-likeness (QED) is 0.570. The Morgan fingerprint density at radius 3 is 2.82 bits per heavy atom. The van der Waals surface area contributed by atoms with E-state index in [9.17, 15) is 9.90 Å². The lowest BCUT2D eigenvalue weighted by molar-refractivity contribution is -0.0592. The van der Waals surface area contributed by atoms with E-state index >= 15 is 0 Å². The van der Waals surface area contributed by atoms with Crippen molar-refractivity contribution in [1.82, 2.24) is 10.3 Å². The highest BCUT2D eigenvalue weighted by Gasteiger charge is 2.59. The lowest BCUT2D eigenvalue weighted by Gasteiger charge is -2.58. The van der Waals surface area contributed by atoms with Gasteiger partial charge in [0.05, 0.1) is 12.7 Å². The van der Waals surface area contributed by atoms with Crippen LogP contribution in [-0.4, -0.2) is 35.8 Å². The van der Waals surface area contributed by atoms with Crippen LogP contribution in [0.15, 0.2) is 29.8 Å². The Balaban J connectivity index is 1.28. The molecule has 4 aliphatic rings. The second-order valence-electron chi connectivity index (χ2n) is 12.1. The molecule has 3 saturated carbocycles.